The minimum Gasteiger partial charge on any atom is -0.344 e. The number of unbranched alkanes of at least 4 members (excludes halogenated alkanes) is 1. The van der Waals surface area contributed by atoms with Gasteiger partial charge in [-0.3, -0.25) is 0 Å². The summed E-state index contributed by atoms with van der Waals surface area (Å²) >= 11 is 1.23. The van der Waals surface area contributed by atoms with Crippen LogP contribution < -0.4 is 4.90 Å². The summed E-state index contributed by atoms with van der Waals surface area (Å²) in [5.41, 5.74) is 0.667. The molecule has 0 unspecified atom stereocenters. The Morgan fingerprint density at radius 2 is 1.92 bits per heavy atom. The first-order valence-corrected chi connectivity index (χ1v) is 9.15. The van der Waals surface area contributed by atoms with Gasteiger partial charge in [0, 0.05) is 13.1 Å². The molecule has 0 fully saturated rings. The molecule has 7 heteroatoms. The second kappa shape index (κ2) is 7.61. The van der Waals surface area contributed by atoms with E-state index in [0.717, 1.165) is 30.5 Å². The number of hydrogen-bond donors (Lipinski definition) is 0. The summed E-state index contributed by atoms with van der Waals surface area (Å²) in [6.07, 6.45) is -2.48. The summed E-state index contributed by atoms with van der Waals surface area (Å²) < 4.78 is 52.7. The van der Waals surface area contributed by atoms with Crippen molar-refractivity contribution in [3.8, 4) is 0 Å². The lowest BCUT2D eigenvalue weighted by Crippen LogP contribution is -2.23. The zero-order valence-electron chi connectivity index (χ0n) is 14.2. The number of hydrogen-bond acceptors (Lipinski definition) is 3. The van der Waals surface area contributed by atoms with Crippen molar-refractivity contribution in [2.24, 2.45) is 0 Å². The molecule has 2 aromatic carbocycles. The number of fused-ring (bicyclic) bond motifs is 1. The van der Waals surface area contributed by atoms with Gasteiger partial charge in [-0.2, -0.15) is 13.2 Å². The Balaban J connectivity index is 1.92. The van der Waals surface area contributed by atoms with Crippen molar-refractivity contribution in [1.29, 1.82) is 0 Å². The second-order valence-electron chi connectivity index (χ2n) is 6.08. The van der Waals surface area contributed by atoms with Gasteiger partial charge in [-0.25, -0.2) is 9.37 Å². The fourth-order valence-electron chi connectivity index (χ4n) is 2.67. The van der Waals surface area contributed by atoms with E-state index in [1.807, 2.05) is 11.0 Å². The van der Waals surface area contributed by atoms with Crippen LogP contribution >= 0.6 is 11.3 Å². The minimum absolute atomic E-state index is 0.308. The Bertz CT molecular complexity index is 889. The molecule has 0 radical (unpaired) electrons. The molecular formula is C19H18F4N2S. The monoisotopic (exact) mass is 382 g/mol. The van der Waals surface area contributed by atoms with Gasteiger partial charge in [0.15, 0.2) is 5.13 Å². The van der Waals surface area contributed by atoms with Crippen LogP contribution in [0.2, 0.25) is 0 Å². The molecule has 0 saturated heterocycles. The van der Waals surface area contributed by atoms with Crippen LogP contribution in [-0.2, 0) is 12.7 Å². The lowest BCUT2D eigenvalue weighted by atomic mass is 10.2. The van der Waals surface area contributed by atoms with Gasteiger partial charge in [0.1, 0.15) is 5.82 Å². The fourth-order valence-corrected chi connectivity index (χ4v) is 3.70. The number of benzene rings is 2. The van der Waals surface area contributed by atoms with E-state index in [2.05, 4.69) is 11.9 Å². The van der Waals surface area contributed by atoms with Crippen LogP contribution in [-0.4, -0.2) is 11.5 Å². The molecule has 138 valence electrons. The molecule has 0 aliphatic carbocycles. The highest BCUT2D eigenvalue weighted by Crippen LogP contribution is 2.35. The molecule has 0 amide bonds. The molecule has 0 saturated carbocycles. The van der Waals surface area contributed by atoms with E-state index < -0.39 is 11.7 Å². The molecule has 0 aliphatic rings. The molecule has 3 rings (SSSR count). The van der Waals surface area contributed by atoms with Crippen molar-refractivity contribution in [3.63, 3.8) is 0 Å². The van der Waals surface area contributed by atoms with Gasteiger partial charge >= 0.3 is 6.18 Å². The van der Waals surface area contributed by atoms with Crippen molar-refractivity contribution < 1.29 is 17.6 Å². The third-order valence-electron chi connectivity index (χ3n) is 4.02. The highest BCUT2D eigenvalue weighted by atomic mass is 32.1. The van der Waals surface area contributed by atoms with Gasteiger partial charge in [-0.15, -0.1) is 0 Å². The Hall–Kier alpha value is -2.15. The molecular weight excluding hydrogens is 364 g/mol. The van der Waals surface area contributed by atoms with Crippen LogP contribution in [0.25, 0.3) is 10.2 Å². The molecule has 0 atom stereocenters. The molecule has 0 N–H and O–H groups in total. The fraction of sp³-hybridized carbons (Fsp3) is 0.316. The number of alkyl halides is 3. The predicted octanol–water partition coefficient (Wildman–Crippen LogP) is 6.26. The van der Waals surface area contributed by atoms with Gasteiger partial charge in [0.25, 0.3) is 0 Å². The van der Waals surface area contributed by atoms with Gasteiger partial charge in [-0.1, -0.05) is 36.8 Å². The summed E-state index contributed by atoms with van der Waals surface area (Å²) in [7, 11) is 0. The normalized spacial score (nSPS) is 11.9. The van der Waals surface area contributed by atoms with Gasteiger partial charge in [0.05, 0.1) is 15.8 Å². The van der Waals surface area contributed by atoms with E-state index in [9.17, 15) is 17.6 Å². The van der Waals surface area contributed by atoms with Crippen LogP contribution in [0.4, 0.5) is 22.7 Å². The predicted molar refractivity (Wildman–Crippen MR) is 97.0 cm³/mol. The highest BCUT2D eigenvalue weighted by Gasteiger charge is 2.30. The van der Waals surface area contributed by atoms with Crippen LogP contribution in [0, 0.1) is 5.82 Å². The van der Waals surface area contributed by atoms with E-state index in [0.29, 0.717) is 28.4 Å². The topological polar surface area (TPSA) is 16.1 Å². The third-order valence-corrected chi connectivity index (χ3v) is 5.10. The number of aromatic nitrogens is 1. The van der Waals surface area contributed by atoms with E-state index >= 15 is 0 Å². The number of thiazole rings is 1. The average Bonchev–Trinajstić information content (AvgIpc) is 3.01. The van der Waals surface area contributed by atoms with E-state index in [4.69, 9.17) is 0 Å². The number of halogens is 4. The first-order chi connectivity index (χ1) is 12.4. The highest BCUT2D eigenvalue weighted by molar-refractivity contribution is 7.22. The lowest BCUT2D eigenvalue weighted by molar-refractivity contribution is -0.137. The molecule has 0 aliphatic heterocycles. The SMILES string of the molecule is CCCCN(Cc1cccc(F)c1)c1nc2ccc(C(F)(F)F)cc2s1. The molecule has 1 aromatic heterocycles. The Morgan fingerprint density at radius 1 is 1.12 bits per heavy atom. The first-order valence-electron chi connectivity index (χ1n) is 8.34. The van der Waals surface area contributed by atoms with Gasteiger partial charge in [0.2, 0.25) is 0 Å². The maximum Gasteiger partial charge on any atom is 0.416 e. The van der Waals surface area contributed by atoms with Crippen molar-refractivity contribution in [2.45, 2.75) is 32.5 Å². The lowest BCUT2D eigenvalue weighted by Gasteiger charge is -2.21. The van der Waals surface area contributed by atoms with Gasteiger partial charge < -0.3 is 4.90 Å². The van der Waals surface area contributed by atoms with E-state index in [1.165, 1.54) is 29.5 Å². The van der Waals surface area contributed by atoms with Crippen LogP contribution in [0.15, 0.2) is 42.5 Å². The summed E-state index contributed by atoms with van der Waals surface area (Å²) in [6, 6.07) is 9.92. The first kappa shape index (κ1) is 18.6. The standard InChI is InChI=1S/C19H18F4N2S/c1-2-3-9-25(12-13-5-4-6-15(20)10-13)18-24-16-8-7-14(19(21,22)23)11-17(16)26-18/h4-8,10-11H,2-3,9,12H2,1H3. The maximum absolute atomic E-state index is 13.5. The Kier molecular flexibility index (Phi) is 5.46. The molecule has 3 aromatic rings. The smallest absolute Gasteiger partial charge is 0.344 e. The number of anilines is 1. The van der Waals surface area contributed by atoms with Crippen molar-refractivity contribution >= 4 is 26.7 Å². The largest absolute Gasteiger partial charge is 0.416 e. The van der Waals surface area contributed by atoms with E-state index in [1.54, 1.807) is 6.07 Å². The van der Waals surface area contributed by atoms with Crippen LogP contribution in [0.3, 0.4) is 0 Å². The molecule has 2 nitrogen and oxygen atoms in total. The molecule has 0 bridgehead atoms. The van der Waals surface area contributed by atoms with Crippen molar-refractivity contribution in [1.82, 2.24) is 4.98 Å². The minimum atomic E-state index is -4.37. The zero-order chi connectivity index (χ0) is 18.7. The number of rotatable bonds is 6. The molecule has 1 heterocycles. The quantitative estimate of drug-likeness (QED) is 0.468. The zero-order valence-corrected chi connectivity index (χ0v) is 15.0. The Morgan fingerprint density at radius 3 is 2.62 bits per heavy atom. The third kappa shape index (κ3) is 4.33. The van der Waals surface area contributed by atoms with Crippen molar-refractivity contribution in [3.05, 3.63) is 59.4 Å². The Labute approximate surface area is 153 Å². The summed E-state index contributed by atoms with van der Waals surface area (Å²) in [5, 5.41) is 0.650. The van der Waals surface area contributed by atoms with Crippen LogP contribution in [0.5, 0.6) is 0 Å². The second-order valence-corrected chi connectivity index (χ2v) is 7.09. The number of nitrogens with zero attached hydrogens (tertiary/aromatic N) is 2. The summed E-state index contributed by atoms with van der Waals surface area (Å²) in [6.45, 7) is 3.23. The van der Waals surface area contributed by atoms with Gasteiger partial charge in [-0.05, 0) is 42.3 Å². The maximum atomic E-state index is 13.5. The van der Waals surface area contributed by atoms with E-state index in [-0.39, 0.29) is 5.82 Å². The summed E-state index contributed by atoms with van der Waals surface area (Å²) in [5.74, 6) is -0.308. The summed E-state index contributed by atoms with van der Waals surface area (Å²) in [4.78, 5) is 6.49. The molecule has 0 spiro atoms. The molecule has 26 heavy (non-hydrogen) atoms. The van der Waals surface area contributed by atoms with Crippen LogP contribution in [0.1, 0.15) is 30.9 Å². The average molecular weight is 382 g/mol. The van der Waals surface area contributed by atoms with Crippen molar-refractivity contribution in [2.75, 3.05) is 11.4 Å².